The number of nitrogens with zero attached hydrogens (tertiary/aromatic N) is 2. The molecular formula is C18H19BrN2O3. The predicted octanol–water partition coefficient (Wildman–Crippen LogP) is 4.02. The summed E-state index contributed by atoms with van der Waals surface area (Å²) in [6.45, 7) is 16.8. The number of pyridine rings is 1. The van der Waals surface area contributed by atoms with E-state index in [1.54, 1.807) is 23.6 Å². The van der Waals surface area contributed by atoms with Crippen molar-refractivity contribution >= 4 is 40.4 Å². The van der Waals surface area contributed by atoms with Crippen molar-refractivity contribution in [2.75, 3.05) is 6.61 Å². The van der Waals surface area contributed by atoms with E-state index in [1.165, 1.54) is 12.3 Å². The second-order valence-corrected chi connectivity index (χ2v) is 5.45. The molecule has 1 aromatic rings. The molecule has 0 fully saturated rings. The van der Waals surface area contributed by atoms with Gasteiger partial charge in [-0.3, -0.25) is 9.79 Å². The van der Waals surface area contributed by atoms with Crippen LogP contribution in [0.25, 0.3) is 6.08 Å². The predicted molar refractivity (Wildman–Crippen MR) is 102 cm³/mol. The van der Waals surface area contributed by atoms with E-state index in [-0.39, 0.29) is 17.9 Å². The smallest absolute Gasteiger partial charge is 0.343 e. The van der Waals surface area contributed by atoms with Crippen LogP contribution < -0.4 is 5.43 Å². The molecule has 0 aliphatic rings. The summed E-state index contributed by atoms with van der Waals surface area (Å²) in [6, 6.07) is 0. The number of allylic oxidation sites excluding steroid dienone is 4. The molecule has 0 N–H and O–H groups in total. The Morgan fingerprint density at radius 2 is 2.04 bits per heavy atom. The van der Waals surface area contributed by atoms with Crippen LogP contribution in [0.5, 0.6) is 0 Å². The second-order valence-electron chi connectivity index (χ2n) is 4.60. The Kier molecular flexibility index (Phi) is 7.32. The van der Waals surface area contributed by atoms with Gasteiger partial charge in [-0.2, -0.15) is 0 Å². The van der Waals surface area contributed by atoms with Gasteiger partial charge in [0.15, 0.2) is 0 Å². The number of esters is 1. The molecule has 0 amide bonds. The molecule has 0 atom stereocenters. The fourth-order valence-electron chi connectivity index (χ4n) is 2.07. The number of hydrogen-bond donors (Lipinski definition) is 0. The van der Waals surface area contributed by atoms with Crippen LogP contribution in [-0.4, -0.2) is 23.9 Å². The number of carbonyl (C=O) groups is 1. The van der Waals surface area contributed by atoms with E-state index >= 15 is 0 Å². The zero-order chi connectivity index (χ0) is 18.3. The van der Waals surface area contributed by atoms with Crippen molar-refractivity contribution < 1.29 is 9.53 Å². The average molecular weight is 391 g/mol. The standard InChI is InChI=1S/C18H19BrN2O3/c1-6-12(14(19)7-2)10-21-11-13(18(23)24-9-4)17(22)16(20-5)15(21)8-3/h6-8,11H,1-3,5,9-10H2,4H3/b14-12-. The van der Waals surface area contributed by atoms with Crippen LogP contribution in [0.1, 0.15) is 23.0 Å². The van der Waals surface area contributed by atoms with Crippen LogP contribution in [0, 0.1) is 0 Å². The second kappa shape index (κ2) is 8.98. The van der Waals surface area contributed by atoms with Crippen molar-refractivity contribution in [3.8, 4) is 0 Å². The minimum Gasteiger partial charge on any atom is -0.462 e. The first-order valence-electron chi connectivity index (χ1n) is 7.12. The van der Waals surface area contributed by atoms with Crippen LogP contribution in [0.2, 0.25) is 0 Å². The topological polar surface area (TPSA) is 60.7 Å². The summed E-state index contributed by atoms with van der Waals surface area (Å²) in [5.74, 6) is -0.705. The fourth-order valence-corrected chi connectivity index (χ4v) is 2.36. The summed E-state index contributed by atoms with van der Waals surface area (Å²) >= 11 is 3.39. The van der Waals surface area contributed by atoms with Crippen molar-refractivity contribution in [1.82, 2.24) is 4.57 Å². The first-order valence-corrected chi connectivity index (χ1v) is 7.91. The Hall–Kier alpha value is -2.47. The molecule has 0 saturated carbocycles. The Bertz CT molecular complexity index is 788. The lowest BCUT2D eigenvalue weighted by Crippen LogP contribution is -2.22. The van der Waals surface area contributed by atoms with Gasteiger partial charge in [0, 0.05) is 17.2 Å². The Morgan fingerprint density at radius 3 is 2.50 bits per heavy atom. The molecule has 0 aromatic carbocycles. The normalized spacial score (nSPS) is 11.2. The molecule has 1 aromatic heterocycles. The highest BCUT2D eigenvalue weighted by atomic mass is 79.9. The van der Waals surface area contributed by atoms with Crippen molar-refractivity contribution in [3.05, 3.63) is 69.6 Å². The lowest BCUT2D eigenvalue weighted by Gasteiger charge is -2.16. The van der Waals surface area contributed by atoms with E-state index in [2.05, 4.69) is 47.4 Å². The van der Waals surface area contributed by atoms with E-state index in [0.717, 1.165) is 10.1 Å². The molecule has 0 saturated heterocycles. The third-order valence-corrected chi connectivity index (χ3v) is 4.05. The van der Waals surface area contributed by atoms with Crippen molar-refractivity contribution in [2.24, 2.45) is 4.99 Å². The Morgan fingerprint density at radius 1 is 1.38 bits per heavy atom. The van der Waals surface area contributed by atoms with Crippen LogP contribution >= 0.6 is 15.9 Å². The average Bonchev–Trinajstić information content (AvgIpc) is 2.59. The lowest BCUT2D eigenvalue weighted by molar-refractivity contribution is 0.0524. The van der Waals surface area contributed by atoms with Crippen molar-refractivity contribution in [1.29, 1.82) is 0 Å². The third kappa shape index (κ3) is 4.08. The molecule has 5 nitrogen and oxygen atoms in total. The Labute approximate surface area is 149 Å². The van der Waals surface area contributed by atoms with E-state index in [9.17, 15) is 9.59 Å². The molecule has 0 spiro atoms. The highest BCUT2D eigenvalue weighted by Gasteiger charge is 2.19. The number of hydrogen-bond acceptors (Lipinski definition) is 4. The number of aliphatic imine (C=N–C) groups is 1. The number of aromatic nitrogens is 1. The first kappa shape index (κ1) is 19.6. The molecule has 0 unspecified atom stereocenters. The summed E-state index contributed by atoms with van der Waals surface area (Å²) in [5.41, 5.74) is 0.659. The van der Waals surface area contributed by atoms with Gasteiger partial charge in [-0.15, -0.1) is 0 Å². The monoisotopic (exact) mass is 390 g/mol. The number of halogens is 1. The van der Waals surface area contributed by atoms with Gasteiger partial charge in [0.2, 0.25) is 5.43 Å². The minimum atomic E-state index is -0.705. The molecule has 6 heteroatoms. The molecule has 1 rings (SSSR count). The van der Waals surface area contributed by atoms with Gasteiger partial charge < -0.3 is 9.30 Å². The zero-order valence-electron chi connectivity index (χ0n) is 13.5. The van der Waals surface area contributed by atoms with Crippen LogP contribution in [0.4, 0.5) is 5.69 Å². The highest BCUT2D eigenvalue weighted by Crippen LogP contribution is 2.22. The zero-order valence-corrected chi connectivity index (χ0v) is 15.1. The summed E-state index contributed by atoms with van der Waals surface area (Å²) in [6.07, 6.45) is 6.20. The van der Waals surface area contributed by atoms with Gasteiger partial charge in [0.1, 0.15) is 11.3 Å². The van der Waals surface area contributed by atoms with E-state index in [4.69, 9.17) is 4.74 Å². The maximum Gasteiger partial charge on any atom is 0.343 e. The number of carbonyl (C=O) groups excluding carboxylic acids is 1. The summed E-state index contributed by atoms with van der Waals surface area (Å²) in [7, 11) is 0. The van der Waals surface area contributed by atoms with Crippen molar-refractivity contribution in [3.63, 3.8) is 0 Å². The molecule has 0 aliphatic carbocycles. The molecular weight excluding hydrogens is 372 g/mol. The van der Waals surface area contributed by atoms with Gasteiger partial charge in [-0.25, -0.2) is 4.79 Å². The van der Waals surface area contributed by atoms with E-state index in [1.807, 2.05) is 0 Å². The molecule has 0 aliphatic heterocycles. The van der Waals surface area contributed by atoms with E-state index in [0.29, 0.717) is 12.2 Å². The third-order valence-electron chi connectivity index (χ3n) is 3.22. The van der Waals surface area contributed by atoms with Gasteiger partial charge in [-0.05, 0) is 25.3 Å². The van der Waals surface area contributed by atoms with Gasteiger partial charge >= 0.3 is 5.97 Å². The molecule has 24 heavy (non-hydrogen) atoms. The fraction of sp³-hybridized carbons (Fsp3) is 0.167. The van der Waals surface area contributed by atoms with Crippen LogP contribution in [-0.2, 0) is 11.3 Å². The number of ether oxygens (including phenoxy) is 1. The Balaban J connectivity index is 3.67. The quantitative estimate of drug-likeness (QED) is 0.382. The van der Waals surface area contributed by atoms with Gasteiger partial charge in [0.05, 0.1) is 12.3 Å². The van der Waals surface area contributed by atoms with E-state index < -0.39 is 11.4 Å². The molecule has 0 radical (unpaired) electrons. The SMILES string of the molecule is C=C/C(Br)=C(\C=C)Cn1cc(C(=O)OCC)c(=O)c(N=C)c1C=C. The van der Waals surface area contributed by atoms with Gasteiger partial charge in [-0.1, -0.05) is 47.8 Å². The highest BCUT2D eigenvalue weighted by molar-refractivity contribution is 9.11. The lowest BCUT2D eigenvalue weighted by atomic mass is 10.1. The summed E-state index contributed by atoms with van der Waals surface area (Å²) in [5, 5.41) is 0. The largest absolute Gasteiger partial charge is 0.462 e. The minimum absolute atomic E-state index is 0.0497. The summed E-state index contributed by atoms with van der Waals surface area (Å²) < 4.78 is 7.36. The molecule has 126 valence electrons. The molecule has 0 bridgehead atoms. The first-order chi connectivity index (χ1) is 11.4. The van der Waals surface area contributed by atoms with Crippen LogP contribution in [0.3, 0.4) is 0 Å². The van der Waals surface area contributed by atoms with Crippen molar-refractivity contribution in [2.45, 2.75) is 13.5 Å². The maximum atomic E-state index is 12.4. The van der Waals surface area contributed by atoms with Crippen LogP contribution in [0.15, 0.2) is 57.9 Å². The molecule has 1 heterocycles. The van der Waals surface area contributed by atoms with Gasteiger partial charge in [0.25, 0.3) is 0 Å². The number of rotatable bonds is 8. The summed E-state index contributed by atoms with van der Waals surface area (Å²) in [4.78, 5) is 28.3. The maximum absolute atomic E-state index is 12.4.